The molecule has 13 nitrogen and oxygen atoms in total. The standard InChI is InChI=1S/C31H43N5O8/c1-40-24-12-18(13-25(41-2)29(24)37)26-19-14-22-23(44-17-43-22)15-20(19)28(21-16-42-30(38)27(21)26)36-31(39)35-11-5-10-34-9-4-8-33-7-3-6-32/h12-15,21,26-28,33-34,37H,3-11,16-17,32H2,1-2H3,(H2,35,36,39)/t21?,26?,27-,28+/m0/s1. The minimum absolute atomic E-state index is 0.0794. The monoisotopic (exact) mass is 613 g/mol. The predicted octanol–water partition coefficient (Wildman–Crippen LogP) is 1.72. The lowest BCUT2D eigenvalue weighted by Crippen LogP contribution is -2.46. The fourth-order valence-electron chi connectivity index (χ4n) is 6.26. The molecule has 5 rings (SSSR count). The van der Waals surface area contributed by atoms with Gasteiger partial charge in [-0.25, -0.2) is 4.79 Å². The number of aromatic hydroxyl groups is 1. The normalized spacial score (nSPS) is 21.3. The molecular formula is C31H43N5O8. The SMILES string of the molecule is COc1cc(C2c3cc4c(cc3[C@@H](NC(=O)NCCCNCCCNCCCN)C3COC(=O)[C@H]23)OCO4)cc(OC)c1O. The zero-order valence-electron chi connectivity index (χ0n) is 25.3. The first-order valence-electron chi connectivity index (χ1n) is 15.2. The molecule has 4 atom stereocenters. The first kappa shape index (κ1) is 31.5. The molecule has 1 saturated heterocycles. The number of esters is 1. The van der Waals surface area contributed by atoms with E-state index in [2.05, 4.69) is 21.3 Å². The van der Waals surface area contributed by atoms with Gasteiger partial charge in [0.1, 0.15) is 0 Å². The van der Waals surface area contributed by atoms with E-state index in [4.69, 9.17) is 29.4 Å². The van der Waals surface area contributed by atoms with Crippen LogP contribution in [-0.2, 0) is 9.53 Å². The van der Waals surface area contributed by atoms with E-state index in [-0.39, 0.29) is 48.6 Å². The van der Waals surface area contributed by atoms with E-state index in [1.807, 2.05) is 12.1 Å². The van der Waals surface area contributed by atoms with Gasteiger partial charge in [-0.3, -0.25) is 4.79 Å². The summed E-state index contributed by atoms with van der Waals surface area (Å²) in [7, 11) is 2.91. The number of ether oxygens (including phenoxy) is 5. The van der Waals surface area contributed by atoms with Gasteiger partial charge in [0.15, 0.2) is 23.0 Å². The molecule has 0 aromatic heterocycles. The van der Waals surface area contributed by atoms with Crippen LogP contribution in [0.1, 0.15) is 47.9 Å². The van der Waals surface area contributed by atoms with Crippen LogP contribution in [0.5, 0.6) is 28.7 Å². The second-order valence-corrected chi connectivity index (χ2v) is 11.1. The van der Waals surface area contributed by atoms with E-state index >= 15 is 0 Å². The fourth-order valence-corrected chi connectivity index (χ4v) is 6.26. The van der Waals surface area contributed by atoms with Gasteiger partial charge in [0, 0.05) is 18.4 Å². The first-order chi connectivity index (χ1) is 21.5. The molecule has 2 aromatic rings. The summed E-state index contributed by atoms with van der Waals surface area (Å²) in [5.41, 5.74) is 7.80. The molecule has 2 aromatic carbocycles. The van der Waals surface area contributed by atoms with Crippen molar-refractivity contribution in [2.45, 2.75) is 31.2 Å². The maximum absolute atomic E-state index is 13.3. The topological polar surface area (TPSA) is 175 Å². The highest BCUT2D eigenvalue weighted by Gasteiger charge is 2.53. The zero-order chi connectivity index (χ0) is 31.1. The third-order valence-electron chi connectivity index (χ3n) is 8.42. The number of nitrogens with two attached hydrogens (primary N) is 1. The maximum atomic E-state index is 13.3. The number of phenols is 1. The number of nitrogens with one attached hydrogen (secondary N) is 4. The smallest absolute Gasteiger partial charge is 0.315 e. The van der Waals surface area contributed by atoms with E-state index < -0.39 is 17.9 Å². The van der Waals surface area contributed by atoms with Gasteiger partial charge in [0.05, 0.1) is 32.8 Å². The Kier molecular flexibility index (Phi) is 10.5. The van der Waals surface area contributed by atoms with E-state index in [0.29, 0.717) is 30.2 Å². The van der Waals surface area contributed by atoms with Crippen molar-refractivity contribution in [3.63, 3.8) is 0 Å². The molecule has 13 heteroatoms. The number of cyclic esters (lactones) is 1. The van der Waals surface area contributed by atoms with Gasteiger partial charge in [-0.15, -0.1) is 0 Å². The summed E-state index contributed by atoms with van der Waals surface area (Å²) in [5, 5.41) is 23.4. The Morgan fingerprint density at radius 3 is 2.16 bits per heavy atom. The lowest BCUT2D eigenvalue weighted by molar-refractivity contribution is -0.141. The molecule has 0 spiro atoms. The highest BCUT2D eigenvalue weighted by Crippen LogP contribution is 2.55. The van der Waals surface area contributed by atoms with Crippen molar-refractivity contribution in [1.29, 1.82) is 0 Å². The maximum Gasteiger partial charge on any atom is 0.315 e. The molecule has 0 radical (unpaired) electrons. The number of rotatable bonds is 15. The summed E-state index contributed by atoms with van der Waals surface area (Å²) in [4.78, 5) is 26.4. The fraction of sp³-hybridized carbons (Fsp3) is 0.548. The van der Waals surface area contributed by atoms with Crippen LogP contribution >= 0.6 is 0 Å². The number of hydrogen-bond donors (Lipinski definition) is 6. The zero-order valence-corrected chi connectivity index (χ0v) is 25.3. The summed E-state index contributed by atoms with van der Waals surface area (Å²) in [6, 6.07) is 6.30. The number of benzene rings is 2. The number of urea groups is 1. The molecule has 7 N–H and O–H groups in total. The molecule has 0 bridgehead atoms. The molecule has 44 heavy (non-hydrogen) atoms. The van der Waals surface area contributed by atoms with Crippen LogP contribution in [0.2, 0.25) is 0 Å². The van der Waals surface area contributed by atoms with Crippen molar-refractivity contribution in [1.82, 2.24) is 21.3 Å². The number of hydrogen-bond acceptors (Lipinski definition) is 11. The summed E-state index contributed by atoms with van der Waals surface area (Å²) in [6.45, 7) is 4.98. The second-order valence-electron chi connectivity index (χ2n) is 11.1. The summed E-state index contributed by atoms with van der Waals surface area (Å²) in [6.07, 6.45) is 2.77. The Morgan fingerprint density at radius 2 is 1.52 bits per heavy atom. The third-order valence-corrected chi connectivity index (χ3v) is 8.42. The van der Waals surface area contributed by atoms with Gasteiger partial charge < -0.3 is 55.8 Å². The Hall–Kier alpha value is -3.94. The van der Waals surface area contributed by atoms with Crippen LogP contribution in [0.15, 0.2) is 24.3 Å². The molecule has 240 valence electrons. The van der Waals surface area contributed by atoms with Gasteiger partial charge in [-0.05, 0) is 92.9 Å². The molecule has 0 saturated carbocycles. The molecule has 2 amide bonds. The van der Waals surface area contributed by atoms with E-state index in [0.717, 1.165) is 56.6 Å². The number of carbonyl (C=O) groups is 2. The van der Waals surface area contributed by atoms with Gasteiger partial charge in [-0.1, -0.05) is 0 Å². The molecule has 1 fully saturated rings. The van der Waals surface area contributed by atoms with Crippen LogP contribution < -0.4 is 45.9 Å². The third kappa shape index (κ3) is 6.74. The Bertz CT molecular complexity index is 1300. The highest BCUT2D eigenvalue weighted by molar-refractivity contribution is 5.80. The summed E-state index contributed by atoms with van der Waals surface area (Å²) in [5.74, 6) is -0.368. The quantitative estimate of drug-likeness (QED) is 0.127. The number of phenolic OH excluding ortho intramolecular Hbond substituents is 1. The number of fused-ring (bicyclic) bond motifs is 3. The lowest BCUT2D eigenvalue weighted by atomic mass is 9.65. The Morgan fingerprint density at radius 1 is 0.909 bits per heavy atom. The Labute approximate surface area is 257 Å². The molecular weight excluding hydrogens is 570 g/mol. The number of carbonyl (C=O) groups excluding carboxylic acids is 2. The average Bonchev–Trinajstić information content (AvgIpc) is 3.65. The summed E-state index contributed by atoms with van der Waals surface area (Å²) < 4.78 is 27.8. The largest absolute Gasteiger partial charge is 0.502 e. The van der Waals surface area contributed by atoms with Crippen LogP contribution in [0, 0.1) is 11.8 Å². The van der Waals surface area contributed by atoms with Crippen LogP contribution in [0.4, 0.5) is 4.79 Å². The van der Waals surface area contributed by atoms with E-state index in [9.17, 15) is 14.7 Å². The van der Waals surface area contributed by atoms with E-state index in [1.165, 1.54) is 14.2 Å². The molecule has 3 aliphatic rings. The van der Waals surface area contributed by atoms with Crippen molar-refractivity contribution in [3.8, 4) is 28.7 Å². The van der Waals surface area contributed by atoms with Crippen LogP contribution in [0.3, 0.4) is 0 Å². The van der Waals surface area contributed by atoms with Crippen molar-refractivity contribution in [2.24, 2.45) is 17.6 Å². The minimum atomic E-state index is -0.610. The van der Waals surface area contributed by atoms with Crippen molar-refractivity contribution in [2.75, 3.05) is 66.9 Å². The van der Waals surface area contributed by atoms with Gasteiger partial charge in [0.25, 0.3) is 0 Å². The minimum Gasteiger partial charge on any atom is -0.502 e. The molecule has 2 unspecified atom stereocenters. The number of amides is 2. The molecule has 2 aliphatic heterocycles. The predicted molar refractivity (Wildman–Crippen MR) is 161 cm³/mol. The van der Waals surface area contributed by atoms with Crippen LogP contribution in [-0.4, -0.2) is 84.0 Å². The second kappa shape index (κ2) is 14.7. The highest BCUT2D eigenvalue weighted by atomic mass is 16.7. The first-order valence-corrected chi connectivity index (χ1v) is 15.2. The van der Waals surface area contributed by atoms with Gasteiger partial charge in [0.2, 0.25) is 12.5 Å². The van der Waals surface area contributed by atoms with Gasteiger partial charge in [-0.2, -0.15) is 0 Å². The van der Waals surface area contributed by atoms with Gasteiger partial charge >= 0.3 is 12.0 Å². The summed E-state index contributed by atoms with van der Waals surface area (Å²) >= 11 is 0. The molecule has 2 heterocycles. The lowest BCUT2D eigenvalue weighted by Gasteiger charge is -2.39. The average molecular weight is 614 g/mol. The van der Waals surface area contributed by atoms with E-state index in [1.54, 1.807) is 12.1 Å². The van der Waals surface area contributed by atoms with Crippen LogP contribution in [0.25, 0.3) is 0 Å². The van der Waals surface area contributed by atoms with Crippen molar-refractivity contribution in [3.05, 3.63) is 41.0 Å². The van der Waals surface area contributed by atoms with Crippen molar-refractivity contribution < 1.29 is 38.4 Å². The number of methoxy groups -OCH3 is 2. The van der Waals surface area contributed by atoms with Crippen molar-refractivity contribution >= 4 is 12.0 Å². The Balaban J connectivity index is 1.30. The molecule has 1 aliphatic carbocycles.